The van der Waals surface area contributed by atoms with Crippen LogP contribution in [-0.4, -0.2) is 15.6 Å². The number of nitrogens with one attached hydrogen (secondary N) is 1. The highest BCUT2D eigenvalue weighted by molar-refractivity contribution is 4.97. The summed E-state index contributed by atoms with van der Waals surface area (Å²) in [6.45, 7) is 10.2. The molecule has 0 aliphatic heterocycles. The van der Waals surface area contributed by atoms with E-state index in [1.54, 1.807) is 0 Å². The molecule has 0 amide bonds. The minimum absolute atomic E-state index is 0.346. The molecule has 1 aliphatic rings. The van der Waals surface area contributed by atoms with Crippen molar-refractivity contribution in [2.45, 2.75) is 72.4 Å². The summed E-state index contributed by atoms with van der Waals surface area (Å²) in [6.07, 6.45) is 10.1. The number of hydrogen-bond acceptors (Lipinski definition) is 3. The first-order valence-electron chi connectivity index (χ1n) is 8.41. The number of hydrazine groups is 1. The van der Waals surface area contributed by atoms with Crippen LogP contribution >= 0.6 is 0 Å². The van der Waals surface area contributed by atoms with E-state index in [0.29, 0.717) is 17.4 Å². The van der Waals surface area contributed by atoms with E-state index in [1.807, 2.05) is 6.20 Å². The SMILES string of the molecule is CCn1ccnc1CC(NN)C1CCC(C(C)(C)C)CC1. The van der Waals surface area contributed by atoms with Crippen LogP contribution in [0.3, 0.4) is 0 Å². The molecular formula is C17H32N4. The van der Waals surface area contributed by atoms with Crippen LogP contribution in [0.1, 0.15) is 59.2 Å². The van der Waals surface area contributed by atoms with Gasteiger partial charge in [0.05, 0.1) is 0 Å². The lowest BCUT2D eigenvalue weighted by Crippen LogP contribution is -2.44. The smallest absolute Gasteiger partial charge is 0.110 e. The average molecular weight is 292 g/mol. The van der Waals surface area contributed by atoms with Crippen molar-refractivity contribution in [2.24, 2.45) is 23.1 Å². The van der Waals surface area contributed by atoms with Crippen molar-refractivity contribution in [1.29, 1.82) is 0 Å². The van der Waals surface area contributed by atoms with Crippen molar-refractivity contribution >= 4 is 0 Å². The number of hydrogen-bond donors (Lipinski definition) is 2. The van der Waals surface area contributed by atoms with Gasteiger partial charge in [-0.3, -0.25) is 11.3 Å². The van der Waals surface area contributed by atoms with Gasteiger partial charge < -0.3 is 4.57 Å². The van der Waals surface area contributed by atoms with E-state index in [9.17, 15) is 0 Å². The quantitative estimate of drug-likeness (QED) is 0.647. The molecule has 1 aliphatic carbocycles. The van der Waals surface area contributed by atoms with Gasteiger partial charge in [-0.15, -0.1) is 0 Å². The van der Waals surface area contributed by atoms with Crippen LogP contribution in [0, 0.1) is 17.3 Å². The number of aromatic nitrogens is 2. The highest BCUT2D eigenvalue weighted by Gasteiger charge is 2.32. The largest absolute Gasteiger partial charge is 0.335 e. The van der Waals surface area contributed by atoms with Crippen molar-refractivity contribution in [3.63, 3.8) is 0 Å². The third kappa shape index (κ3) is 4.07. The van der Waals surface area contributed by atoms with E-state index in [0.717, 1.165) is 24.7 Å². The maximum atomic E-state index is 5.85. The number of imidazole rings is 1. The van der Waals surface area contributed by atoms with Crippen LogP contribution in [0.4, 0.5) is 0 Å². The van der Waals surface area contributed by atoms with Crippen LogP contribution in [0.5, 0.6) is 0 Å². The van der Waals surface area contributed by atoms with Gasteiger partial charge in [0.15, 0.2) is 0 Å². The van der Waals surface area contributed by atoms with Crippen LogP contribution in [0.15, 0.2) is 12.4 Å². The number of rotatable bonds is 5. The normalized spacial score (nSPS) is 25.0. The fraction of sp³-hybridized carbons (Fsp3) is 0.824. The first-order chi connectivity index (χ1) is 9.95. The third-order valence-corrected chi connectivity index (χ3v) is 5.32. The molecule has 1 atom stereocenters. The Hall–Kier alpha value is -0.870. The predicted octanol–water partition coefficient (Wildman–Crippen LogP) is 3.13. The Morgan fingerprint density at radius 3 is 2.52 bits per heavy atom. The molecule has 1 unspecified atom stereocenters. The summed E-state index contributed by atoms with van der Waals surface area (Å²) in [4.78, 5) is 4.49. The minimum atomic E-state index is 0.346. The number of nitrogens with zero attached hydrogens (tertiary/aromatic N) is 2. The zero-order chi connectivity index (χ0) is 15.5. The summed E-state index contributed by atoms with van der Waals surface area (Å²) in [6, 6.07) is 0.346. The van der Waals surface area contributed by atoms with Gasteiger partial charge >= 0.3 is 0 Å². The maximum Gasteiger partial charge on any atom is 0.110 e. The van der Waals surface area contributed by atoms with E-state index >= 15 is 0 Å². The van der Waals surface area contributed by atoms with Gasteiger partial charge in [-0.2, -0.15) is 0 Å². The fourth-order valence-electron chi connectivity index (χ4n) is 3.76. The zero-order valence-electron chi connectivity index (χ0n) is 14.1. The Bertz CT molecular complexity index is 424. The molecule has 2 rings (SSSR count). The molecule has 0 radical (unpaired) electrons. The van der Waals surface area contributed by atoms with E-state index < -0.39 is 0 Å². The number of nitrogens with two attached hydrogens (primary N) is 1. The van der Waals surface area contributed by atoms with E-state index in [2.05, 4.69) is 48.9 Å². The Morgan fingerprint density at radius 1 is 1.33 bits per heavy atom. The summed E-state index contributed by atoms with van der Waals surface area (Å²) < 4.78 is 2.21. The van der Waals surface area contributed by atoms with E-state index in [1.165, 1.54) is 25.7 Å². The van der Waals surface area contributed by atoms with Gasteiger partial charge in [0.1, 0.15) is 5.82 Å². The Balaban J connectivity index is 1.94. The molecular weight excluding hydrogens is 260 g/mol. The first-order valence-corrected chi connectivity index (χ1v) is 8.41. The topological polar surface area (TPSA) is 55.9 Å². The predicted molar refractivity (Wildman–Crippen MR) is 87.6 cm³/mol. The van der Waals surface area contributed by atoms with Crippen molar-refractivity contribution in [3.05, 3.63) is 18.2 Å². The molecule has 4 nitrogen and oxygen atoms in total. The summed E-state index contributed by atoms with van der Waals surface area (Å²) in [7, 11) is 0. The van der Waals surface area contributed by atoms with E-state index in [4.69, 9.17) is 5.84 Å². The molecule has 1 heterocycles. The Morgan fingerprint density at radius 2 is 2.00 bits per heavy atom. The standard InChI is InChI=1S/C17H32N4/c1-5-21-11-10-19-16(21)12-15(20-18)13-6-8-14(9-7-13)17(2,3)4/h10-11,13-15,20H,5-9,12,18H2,1-4H3. The van der Waals surface area contributed by atoms with Crippen molar-refractivity contribution in [2.75, 3.05) is 0 Å². The summed E-state index contributed by atoms with van der Waals surface area (Å²) in [5, 5.41) is 0. The van der Waals surface area contributed by atoms with Crippen molar-refractivity contribution in [3.8, 4) is 0 Å². The molecule has 0 bridgehead atoms. The van der Waals surface area contributed by atoms with Gasteiger partial charge in [0, 0.05) is 31.4 Å². The second kappa shape index (κ2) is 6.93. The Kier molecular flexibility index (Phi) is 5.44. The molecule has 120 valence electrons. The molecule has 1 fully saturated rings. The monoisotopic (exact) mass is 292 g/mol. The molecule has 1 aromatic rings. The van der Waals surface area contributed by atoms with Crippen LogP contribution < -0.4 is 11.3 Å². The van der Waals surface area contributed by atoms with Gasteiger partial charge in [0.25, 0.3) is 0 Å². The summed E-state index contributed by atoms with van der Waals surface area (Å²) in [5.74, 6) is 8.52. The molecule has 1 saturated carbocycles. The lowest BCUT2D eigenvalue weighted by molar-refractivity contribution is 0.131. The number of aryl methyl sites for hydroxylation is 1. The highest BCUT2D eigenvalue weighted by Crippen LogP contribution is 2.40. The second-order valence-electron chi connectivity index (χ2n) is 7.58. The zero-order valence-corrected chi connectivity index (χ0v) is 14.1. The Labute approximate surface area is 129 Å². The molecule has 0 spiro atoms. The van der Waals surface area contributed by atoms with Crippen LogP contribution in [0.25, 0.3) is 0 Å². The molecule has 4 heteroatoms. The first kappa shape index (κ1) is 16.5. The lowest BCUT2D eigenvalue weighted by atomic mass is 9.68. The van der Waals surface area contributed by atoms with Crippen LogP contribution in [-0.2, 0) is 13.0 Å². The maximum absolute atomic E-state index is 5.85. The third-order valence-electron chi connectivity index (χ3n) is 5.32. The lowest BCUT2D eigenvalue weighted by Gasteiger charge is -2.39. The van der Waals surface area contributed by atoms with Gasteiger partial charge in [-0.25, -0.2) is 4.98 Å². The highest BCUT2D eigenvalue weighted by atomic mass is 15.2. The minimum Gasteiger partial charge on any atom is -0.335 e. The van der Waals surface area contributed by atoms with Crippen LogP contribution in [0.2, 0.25) is 0 Å². The van der Waals surface area contributed by atoms with Crippen molar-refractivity contribution < 1.29 is 0 Å². The second-order valence-corrected chi connectivity index (χ2v) is 7.58. The average Bonchev–Trinajstić information content (AvgIpc) is 2.91. The van der Waals surface area contributed by atoms with Gasteiger partial charge in [-0.1, -0.05) is 20.8 Å². The fourth-order valence-corrected chi connectivity index (χ4v) is 3.76. The molecule has 3 N–H and O–H groups in total. The summed E-state index contributed by atoms with van der Waals surface area (Å²) in [5.41, 5.74) is 3.50. The van der Waals surface area contributed by atoms with Crippen molar-refractivity contribution in [1.82, 2.24) is 15.0 Å². The van der Waals surface area contributed by atoms with Gasteiger partial charge in [-0.05, 0) is 49.9 Å². The summed E-state index contributed by atoms with van der Waals surface area (Å²) >= 11 is 0. The molecule has 0 saturated heterocycles. The molecule has 1 aromatic heterocycles. The molecule has 21 heavy (non-hydrogen) atoms. The molecule has 0 aromatic carbocycles. The van der Waals surface area contributed by atoms with E-state index in [-0.39, 0.29) is 0 Å². The van der Waals surface area contributed by atoms with Gasteiger partial charge in [0.2, 0.25) is 0 Å².